The first-order valence-electron chi connectivity index (χ1n) is 6.86. The van der Waals surface area contributed by atoms with Gasteiger partial charge in [-0.2, -0.15) is 0 Å². The van der Waals surface area contributed by atoms with Gasteiger partial charge in [0.05, 0.1) is 11.0 Å². The zero-order chi connectivity index (χ0) is 17.0. The molecule has 1 atom stereocenters. The number of benzene rings is 2. The monoisotopic (exact) mass is 334 g/mol. The van der Waals surface area contributed by atoms with Crippen molar-refractivity contribution in [2.24, 2.45) is 0 Å². The van der Waals surface area contributed by atoms with E-state index in [9.17, 15) is 20.0 Å². The van der Waals surface area contributed by atoms with Crippen LogP contribution in [0.2, 0.25) is 5.02 Å². The van der Waals surface area contributed by atoms with Crippen LogP contribution < -0.4 is 5.32 Å². The molecule has 120 valence electrons. The Kier molecular flexibility index (Phi) is 5.31. The number of carbonyl (C=O) groups excluding carboxylic acids is 1. The minimum atomic E-state index is -0.930. The van der Waals surface area contributed by atoms with Crippen LogP contribution >= 0.6 is 11.6 Å². The largest absolute Gasteiger partial charge is 0.387 e. The fourth-order valence-electron chi connectivity index (χ4n) is 2.17. The van der Waals surface area contributed by atoms with E-state index in [2.05, 4.69) is 5.32 Å². The Morgan fingerprint density at radius 2 is 1.96 bits per heavy atom. The highest BCUT2D eigenvalue weighted by Gasteiger charge is 2.22. The van der Waals surface area contributed by atoms with Crippen molar-refractivity contribution in [1.82, 2.24) is 5.32 Å². The summed E-state index contributed by atoms with van der Waals surface area (Å²) in [7, 11) is 0. The van der Waals surface area contributed by atoms with Gasteiger partial charge >= 0.3 is 0 Å². The molecule has 0 heterocycles. The second-order valence-corrected chi connectivity index (χ2v) is 5.44. The number of nitrogens with zero attached hydrogens (tertiary/aromatic N) is 1. The van der Waals surface area contributed by atoms with Gasteiger partial charge in [-0.05, 0) is 30.7 Å². The number of hydrogen-bond donors (Lipinski definition) is 2. The second-order valence-electron chi connectivity index (χ2n) is 5.01. The third kappa shape index (κ3) is 4.06. The maximum absolute atomic E-state index is 12.2. The summed E-state index contributed by atoms with van der Waals surface area (Å²) in [6, 6.07) is 11.1. The lowest BCUT2D eigenvalue weighted by Crippen LogP contribution is -2.29. The molecule has 1 amide bonds. The van der Waals surface area contributed by atoms with Crippen LogP contribution in [0.5, 0.6) is 0 Å². The van der Waals surface area contributed by atoms with E-state index < -0.39 is 16.9 Å². The van der Waals surface area contributed by atoms with Crippen LogP contribution in [0.1, 0.15) is 27.6 Å². The SMILES string of the molecule is Cc1cccc(C(=O)NCC(O)c2ccc(Cl)cc2)c1[N+](=O)[O-]. The first-order chi connectivity index (χ1) is 10.9. The molecule has 0 saturated heterocycles. The fraction of sp³-hybridized carbons (Fsp3) is 0.188. The number of nitro groups is 1. The van der Waals surface area contributed by atoms with Gasteiger partial charge in [-0.15, -0.1) is 0 Å². The highest BCUT2D eigenvalue weighted by molar-refractivity contribution is 6.30. The summed E-state index contributed by atoms with van der Waals surface area (Å²) in [5, 5.41) is 24.2. The Bertz CT molecular complexity index is 731. The topological polar surface area (TPSA) is 92.5 Å². The molecule has 0 aromatic heterocycles. The Labute approximate surface area is 137 Å². The highest BCUT2D eigenvalue weighted by Crippen LogP contribution is 2.23. The van der Waals surface area contributed by atoms with E-state index in [0.717, 1.165) is 0 Å². The number of rotatable bonds is 5. The molecule has 0 aliphatic heterocycles. The molecule has 0 aliphatic carbocycles. The summed E-state index contributed by atoms with van der Waals surface area (Å²) in [5.74, 6) is -0.603. The van der Waals surface area contributed by atoms with Gasteiger partial charge in [-0.25, -0.2) is 0 Å². The normalized spacial score (nSPS) is 11.8. The van der Waals surface area contributed by atoms with Crippen LogP contribution in [-0.4, -0.2) is 22.5 Å². The molecule has 0 spiro atoms. The molecule has 7 heteroatoms. The predicted octanol–water partition coefficient (Wildman–Crippen LogP) is 3.02. The van der Waals surface area contributed by atoms with Crippen molar-refractivity contribution in [2.75, 3.05) is 6.54 Å². The summed E-state index contributed by atoms with van der Waals surface area (Å²) in [5.41, 5.74) is 0.735. The van der Waals surface area contributed by atoms with Gasteiger partial charge in [0, 0.05) is 17.1 Å². The van der Waals surface area contributed by atoms with E-state index in [0.29, 0.717) is 16.1 Å². The Morgan fingerprint density at radius 1 is 1.30 bits per heavy atom. The molecule has 2 N–H and O–H groups in total. The highest BCUT2D eigenvalue weighted by atomic mass is 35.5. The maximum atomic E-state index is 12.2. The molecule has 1 unspecified atom stereocenters. The van der Waals surface area contributed by atoms with Crippen molar-refractivity contribution >= 4 is 23.2 Å². The van der Waals surface area contributed by atoms with E-state index in [1.807, 2.05) is 0 Å². The molecular formula is C16H15ClN2O4. The molecule has 2 aromatic rings. The van der Waals surface area contributed by atoms with Gasteiger partial charge in [0.15, 0.2) is 0 Å². The van der Waals surface area contributed by atoms with Gasteiger partial charge in [0.25, 0.3) is 11.6 Å². The number of aryl methyl sites for hydroxylation is 1. The number of para-hydroxylation sites is 1. The number of hydrogen-bond acceptors (Lipinski definition) is 4. The number of aliphatic hydroxyl groups is 1. The van der Waals surface area contributed by atoms with E-state index in [4.69, 9.17) is 11.6 Å². The van der Waals surface area contributed by atoms with Gasteiger partial charge < -0.3 is 10.4 Å². The summed E-state index contributed by atoms with van der Waals surface area (Å²) >= 11 is 5.77. The van der Waals surface area contributed by atoms with E-state index in [1.165, 1.54) is 6.07 Å². The molecule has 6 nitrogen and oxygen atoms in total. The standard InChI is InChI=1S/C16H15ClN2O4/c1-10-3-2-4-13(15(10)19(22)23)16(21)18-9-14(20)11-5-7-12(17)8-6-11/h2-8,14,20H,9H2,1H3,(H,18,21). The Hall–Kier alpha value is -2.44. The zero-order valence-corrected chi connectivity index (χ0v) is 13.1. The molecule has 0 radical (unpaired) electrons. The van der Waals surface area contributed by atoms with Gasteiger partial charge in [-0.3, -0.25) is 14.9 Å². The van der Waals surface area contributed by atoms with Crippen molar-refractivity contribution < 1.29 is 14.8 Å². The molecule has 0 bridgehead atoms. The number of amides is 1. The van der Waals surface area contributed by atoms with Crippen molar-refractivity contribution in [3.05, 3.63) is 74.3 Å². The van der Waals surface area contributed by atoms with Gasteiger partial charge in [0.1, 0.15) is 5.56 Å². The summed E-state index contributed by atoms with van der Waals surface area (Å²) in [6.07, 6.45) is -0.930. The smallest absolute Gasteiger partial charge is 0.285 e. The van der Waals surface area contributed by atoms with Crippen molar-refractivity contribution in [3.63, 3.8) is 0 Å². The van der Waals surface area contributed by atoms with Crippen molar-refractivity contribution in [2.45, 2.75) is 13.0 Å². The van der Waals surface area contributed by atoms with E-state index in [-0.39, 0.29) is 17.8 Å². The lowest BCUT2D eigenvalue weighted by atomic mass is 10.1. The Morgan fingerprint density at radius 3 is 2.57 bits per heavy atom. The number of nitrogens with one attached hydrogen (secondary N) is 1. The minimum absolute atomic E-state index is 0.0293. The second kappa shape index (κ2) is 7.21. The summed E-state index contributed by atoms with van der Waals surface area (Å²) < 4.78 is 0. The van der Waals surface area contributed by atoms with Crippen molar-refractivity contribution in [1.29, 1.82) is 0 Å². The minimum Gasteiger partial charge on any atom is -0.387 e. The third-order valence-electron chi connectivity index (χ3n) is 3.38. The fourth-order valence-corrected chi connectivity index (χ4v) is 2.30. The number of nitro benzene ring substituents is 1. The molecule has 0 aliphatic rings. The average molecular weight is 335 g/mol. The van der Waals surface area contributed by atoms with Crippen LogP contribution in [0, 0.1) is 17.0 Å². The van der Waals surface area contributed by atoms with Crippen LogP contribution in [0.3, 0.4) is 0 Å². The Balaban J connectivity index is 2.10. The van der Waals surface area contributed by atoms with Gasteiger partial charge in [-0.1, -0.05) is 35.9 Å². The molecule has 0 fully saturated rings. The lowest BCUT2D eigenvalue weighted by Gasteiger charge is -2.13. The predicted molar refractivity (Wildman–Crippen MR) is 86.6 cm³/mol. The summed E-state index contributed by atoms with van der Waals surface area (Å²) in [4.78, 5) is 22.7. The van der Waals surface area contributed by atoms with Crippen LogP contribution in [0.15, 0.2) is 42.5 Å². The maximum Gasteiger partial charge on any atom is 0.285 e. The number of aliphatic hydroxyl groups excluding tert-OH is 1. The first-order valence-corrected chi connectivity index (χ1v) is 7.23. The van der Waals surface area contributed by atoms with Crippen LogP contribution in [0.4, 0.5) is 5.69 Å². The summed E-state index contributed by atoms with van der Waals surface area (Å²) in [6.45, 7) is 1.50. The molecule has 2 aromatic carbocycles. The van der Waals surface area contributed by atoms with E-state index >= 15 is 0 Å². The zero-order valence-electron chi connectivity index (χ0n) is 12.3. The lowest BCUT2D eigenvalue weighted by molar-refractivity contribution is -0.385. The molecule has 23 heavy (non-hydrogen) atoms. The third-order valence-corrected chi connectivity index (χ3v) is 3.63. The first kappa shape index (κ1) is 16.9. The van der Waals surface area contributed by atoms with Crippen LogP contribution in [-0.2, 0) is 0 Å². The number of carbonyl (C=O) groups is 1. The molecule has 2 rings (SSSR count). The van der Waals surface area contributed by atoms with Crippen LogP contribution in [0.25, 0.3) is 0 Å². The van der Waals surface area contributed by atoms with Crippen molar-refractivity contribution in [3.8, 4) is 0 Å². The van der Waals surface area contributed by atoms with Gasteiger partial charge in [0.2, 0.25) is 0 Å². The molecule has 0 saturated carbocycles. The number of halogens is 1. The quantitative estimate of drug-likeness (QED) is 0.649. The van der Waals surface area contributed by atoms with E-state index in [1.54, 1.807) is 43.3 Å². The average Bonchev–Trinajstić information content (AvgIpc) is 2.52. The molecular weight excluding hydrogens is 320 g/mol.